The molecule has 1 aromatic carbocycles. The van der Waals surface area contributed by atoms with Crippen molar-refractivity contribution in [2.45, 2.75) is 95.9 Å². The van der Waals surface area contributed by atoms with Crippen molar-refractivity contribution in [3.8, 4) is 5.75 Å². The number of nitrogens with zero attached hydrogens (tertiary/aromatic N) is 3. The fourth-order valence-electron chi connectivity index (χ4n) is 5.80. The number of likely N-dealkylation sites (tertiary alicyclic amines) is 1. The number of carbonyl (C=O) groups is 2. The lowest BCUT2D eigenvalue weighted by Gasteiger charge is -2.39. The molecule has 0 bridgehead atoms. The highest BCUT2D eigenvalue weighted by molar-refractivity contribution is 7.90. The molecular formula is C34H42FN5O5S. The number of alkyl halides is 1. The van der Waals surface area contributed by atoms with E-state index in [0.717, 1.165) is 16.3 Å². The molecule has 3 aliphatic rings. The Balaban J connectivity index is 1.31. The van der Waals surface area contributed by atoms with E-state index in [1.807, 2.05) is 66.7 Å². The molecule has 12 heteroatoms. The number of esters is 1. The summed E-state index contributed by atoms with van der Waals surface area (Å²) in [6.07, 6.45) is 1.51. The number of aromatic nitrogens is 2. The van der Waals surface area contributed by atoms with Crippen molar-refractivity contribution < 1.29 is 28.0 Å². The second-order valence-corrected chi connectivity index (χ2v) is 16.0. The van der Waals surface area contributed by atoms with Gasteiger partial charge in [0.1, 0.15) is 40.0 Å². The van der Waals surface area contributed by atoms with Gasteiger partial charge in [0.2, 0.25) is 5.91 Å². The molecule has 2 aliphatic heterocycles. The quantitative estimate of drug-likeness (QED) is 0.215. The van der Waals surface area contributed by atoms with Crippen LogP contribution in [0.5, 0.6) is 5.75 Å². The summed E-state index contributed by atoms with van der Waals surface area (Å²) in [4.78, 5) is 36.1. The number of nitrogens with one attached hydrogen (secondary N) is 2. The number of rotatable bonds is 9. The molecule has 2 N–H and O–H groups in total. The molecule has 4 heterocycles. The lowest BCUT2D eigenvalue weighted by atomic mass is 9.84. The number of ether oxygens (including phenoxy) is 2. The second-order valence-electron chi connectivity index (χ2n) is 14.0. The van der Waals surface area contributed by atoms with Crippen molar-refractivity contribution in [1.82, 2.24) is 19.6 Å². The normalized spacial score (nSPS) is 23.6. The maximum atomic E-state index is 13.4. The smallest absolute Gasteiger partial charge is 0.340 e. The number of benzene rings is 1. The number of fused-ring (bicyclic) bond motifs is 2. The standard InChI is InChI=1S/C34H42FN5O5S/c1-8-26(39-46(43)33(3,4)5)20-9-11-27(44-19-16-40(17-19)31(41)23-13-25(23)35)24-15-36-29(14-22(20)24)37-28-12-10-21-30(38-28)18(2)34(6,7)45-32(21)42/h9-12,14-15,18-19,23,25-26,39H,8,13,16-17H2,1-7H3,(H,36,37,38)/t18-,23-,25+,26-,46+/m1/s1. The van der Waals surface area contributed by atoms with Crippen molar-refractivity contribution in [3.63, 3.8) is 0 Å². The fraction of sp³-hybridized carbons (Fsp3) is 0.529. The number of cyclic esters (lactones) is 1. The predicted octanol–water partition coefficient (Wildman–Crippen LogP) is 5.88. The zero-order valence-electron chi connectivity index (χ0n) is 27.3. The highest BCUT2D eigenvalue weighted by Gasteiger charge is 2.48. The van der Waals surface area contributed by atoms with Gasteiger partial charge in [-0.15, -0.1) is 4.72 Å². The van der Waals surface area contributed by atoms with E-state index in [4.69, 9.17) is 14.5 Å². The molecule has 0 unspecified atom stereocenters. The van der Waals surface area contributed by atoms with Crippen molar-refractivity contribution in [2.75, 3.05) is 18.4 Å². The monoisotopic (exact) mass is 651 g/mol. The minimum Gasteiger partial charge on any atom is -0.598 e. The molecule has 1 aliphatic carbocycles. The van der Waals surface area contributed by atoms with E-state index in [-0.39, 0.29) is 29.9 Å². The Labute approximate surface area is 272 Å². The molecule has 5 atom stereocenters. The molecule has 3 aromatic rings. The average Bonchev–Trinajstić information content (AvgIpc) is 3.71. The maximum absolute atomic E-state index is 13.4. The first-order chi connectivity index (χ1) is 21.7. The molecule has 6 rings (SSSR count). The van der Waals surface area contributed by atoms with Gasteiger partial charge in [-0.05, 0) is 82.7 Å². The van der Waals surface area contributed by atoms with Gasteiger partial charge in [-0.1, -0.05) is 19.9 Å². The first kappa shape index (κ1) is 32.5. The van der Waals surface area contributed by atoms with Crippen LogP contribution in [-0.2, 0) is 20.9 Å². The van der Waals surface area contributed by atoms with E-state index in [2.05, 4.69) is 15.0 Å². The van der Waals surface area contributed by atoms with Crippen LogP contribution in [0, 0.1) is 5.92 Å². The van der Waals surface area contributed by atoms with E-state index in [1.165, 1.54) is 0 Å². The van der Waals surface area contributed by atoms with Gasteiger partial charge in [0.15, 0.2) is 0 Å². The number of amides is 1. The summed E-state index contributed by atoms with van der Waals surface area (Å²) < 4.78 is 41.4. The Kier molecular flexibility index (Phi) is 8.43. The van der Waals surface area contributed by atoms with E-state index in [0.29, 0.717) is 54.6 Å². The minimum absolute atomic E-state index is 0.113. The Bertz CT molecular complexity index is 1670. The highest BCUT2D eigenvalue weighted by Crippen LogP contribution is 2.40. The Morgan fingerprint density at radius 2 is 1.93 bits per heavy atom. The van der Waals surface area contributed by atoms with Crippen LogP contribution in [0.2, 0.25) is 0 Å². The number of halogens is 1. The molecule has 2 fully saturated rings. The lowest BCUT2D eigenvalue weighted by Crippen LogP contribution is -2.56. The Morgan fingerprint density at radius 3 is 2.59 bits per heavy atom. The SMILES string of the molecule is CC[C@@H](N[S@@+]([O-])C(C)(C)C)c1ccc(OC2CN(C(=O)[C@@H]3C[C@@H]3F)C2)c2cnc(Nc3ccc4c(n3)[C@@H](C)C(C)(C)OC4=O)cc12. The summed E-state index contributed by atoms with van der Waals surface area (Å²) in [5.41, 5.74) is 1.38. The van der Waals surface area contributed by atoms with E-state index < -0.39 is 33.8 Å². The molecule has 0 spiro atoms. The van der Waals surface area contributed by atoms with Gasteiger partial charge < -0.3 is 24.2 Å². The average molecular weight is 652 g/mol. The number of hydrogen-bond donors (Lipinski definition) is 2. The second kappa shape index (κ2) is 12.0. The van der Waals surface area contributed by atoms with Gasteiger partial charge in [-0.2, -0.15) is 0 Å². The van der Waals surface area contributed by atoms with Crippen LogP contribution < -0.4 is 14.8 Å². The van der Waals surface area contributed by atoms with Crippen LogP contribution in [0.15, 0.2) is 36.5 Å². The Morgan fingerprint density at radius 1 is 1.22 bits per heavy atom. The van der Waals surface area contributed by atoms with Gasteiger partial charge in [-0.3, -0.25) is 4.79 Å². The largest absolute Gasteiger partial charge is 0.598 e. The van der Waals surface area contributed by atoms with E-state index in [9.17, 15) is 18.5 Å². The maximum Gasteiger partial charge on any atom is 0.340 e. The van der Waals surface area contributed by atoms with Crippen LogP contribution in [0.4, 0.5) is 16.0 Å². The van der Waals surface area contributed by atoms with Gasteiger partial charge in [0, 0.05) is 28.9 Å². The van der Waals surface area contributed by atoms with Gasteiger partial charge in [-0.25, -0.2) is 19.2 Å². The summed E-state index contributed by atoms with van der Waals surface area (Å²) in [6.45, 7) is 14.4. The molecular weight excluding hydrogens is 609 g/mol. The van der Waals surface area contributed by atoms with Crippen LogP contribution in [0.25, 0.3) is 10.8 Å². The summed E-state index contributed by atoms with van der Waals surface area (Å²) in [7, 11) is 0. The number of anilines is 2. The van der Waals surface area contributed by atoms with Crippen molar-refractivity contribution >= 4 is 45.6 Å². The minimum atomic E-state index is -1.30. The summed E-state index contributed by atoms with van der Waals surface area (Å²) >= 11 is -1.30. The summed E-state index contributed by atoms with van der Waals surface area (Å²) in [5, 5.41) is 4.95. The molecule has 10 nitrogen and oxygen atoms in total. The third-order valence-corrected chi connectivity index (χ3v) is 10.8. The lowest BCUT2D eigenvalue weighted by molar-refractivity contribution is -0.141. The van der Waals surface area contributed by atoms with E-state index >= 15 is 0 Å². The molecule has 0 radical (unpaired) electrons. The van der Waals surface area contributed by atoms with Crippen LogP contribution in [0.3, 0.4) is 0 Å². The van der Waals surface area contributed by atoms with Crippen LogP contribution in [0.1, 0.15) is 94.9 Å². The summed E-state index contributed by atoms with van der Waals surface area (Å²) in [6, 6.07) is 9.04. The van der Waals surface area contributed by atoms with Crippen LogP contribution in [-0.4, -0.2) is 67.0 Å². The predicted molar refractivity (Wildman–Crippen MR) is 175 cm³/mol. The van der Waals surface area contributed by atoms with Crippen LogP contribution >= 0.6 is 0 Å². The van der Waals surface area contributed by atoms with Gasteiger partial charge in [0.05, 0.1) is 36.3 Å². The number of hydrogen-bond acceptors (Lipinski definition) is 9. The van der Waals surface area contributed by atoms with Crippen molar-refractivity contribution in [2.24, 2.45) is 5.92 Å². The zero-order chi connectivity index (χ0) is 33.1. The van der Waals surface area contributed by atoms with Crippen molar-refractivity contribution in [3.05, 3.63) is 53.3 Å². The molecule has 1 amide bonds. The molecule has 246 valence electrons. The highest BCUT2D eigenvalue weighted by atomic mass is 32.2. The number of carbonyl (C=O) groups excluding carboxylic acids is 2. The molecule has 1 saturated heterocycles. The topological polar surface area (TPSA) is 129 Å². The molecule has 46 heavy (non-hydrogen) atoms. The third-order valence-electron chi connectivity index (χ3n) is 9.18. The van der Waals surface area contributed by atoms with Crippen molar-refractivity contribution in [1.29, 1.82) is 0 Å². The summed E-state index contributed by atoms with van der Waals surface area (Å²) in [5.74, 6) is 0.571. The molecule has 2 aromatic heterocycles. The molecule has 1 saturated carbocycles. The fourth-order valence-corrected chi connectivity index (χ4v) is 6.71. The van der Waals surface area contributed by atoms with Gasteiger partial charge >= 0.3 is 5.97 Å². The first-order valence-electron chi connectivity index (χ1n) is 15.9. The van der Waals surface area contributed by atoms with Gasteiger partial charge in [0.25, 0.3) is 0 Å². The van der Waals surface area contributed by atoms with E-state index in [1.54, 1.807) is 23.2 Å². The first-order valence-corrected chi connectivity index (χ1v) is 17.0. The third kappa shape index (κ3) is 6.26. The zero-order valence-corrected chi connectivity index (χ0v) is 28.2. The Hall–Kier alpha value is -3.48. The number of pyridine rings is 2.